The first kappa shape index (κ1) is 17.5. The maximum atomic E-state index is 11.4. The van der Waals surface area contributed by atoms with E-state index >= 15 is 0 Å². The Labute approximate surface area is 142 Å². The molecule has 0 saturated carbocycles. The second-order valence-corrected chi connectivity index (χ2v) is 5.43. The molecule has 2 aromatic rings. The van der Waals surface area contributed by atoms with Crippen LogP contribution in [0.1, 0.15) is 30.0 Å². The molecule has 0 heterocycles. The lowest BCUT2D eigenvalue weighted by Crippen LogP contribution is -2.13. The molecule has 0 aliphatic heterocycles. The molecule has 0 radical (unpaired) electrons. The van der Waals surface area contributed by atoms with E-state index in [1.54, 1.807) is 0 Å². The SMILES string of the molecule is CC/C(N)=N/C(=O)OCc1ccc(OCc2ccc(C)cc2)cc1. The van der Waals surface area contributed by atoms with Crippen molar-refractivity contribution >= 4 is 11.9 Å². The van der Waals surface area contributed by atoms with Crippen LogP contribution in [0.2, 0.25) is 0 Å². The molecule has 1 amide bonds. The number of carbonyl (C=O) groups is 1. The molecule has 5 nitrogen and oxygen atoms in total. The van der Waals surface area contributed by atoms with E-state index in [1.165, 1.54) is 5.56 Å². The first-order valence-electron chi connectivity index (χ1n) is 7.84. The van der Waals surface area contributed by atoms with Crippen LogP contribution < -0.4 is 10.5 Å². The minimum Gasteiger partial charge on any atom is -0.489 e. The van der Waals surface area contributed by atoms with Crippen molar-refractivity contribution in [1.82, 2.24) is 0 Å². The van der Waals surface area contributed by atoms with Gasteiger partial charge < -0.3 is 15.2 Å². The number of nitrogens with two attached hydrogens (primary N) is 1. The maximum Gasteiger partial charge on any atom is 0.435 e. The third-order valence-corrected chi connectivity index (χ3v) is 3.41. The van der Waals surface area contributed by atoms with Crippen molar-refractivity contribution in [3.05, 3.63) is 65.2 Å². The minimum atomic E-state index is -0.672. The Morgan fingerprint density at radius 1 is 1.00 bits per heavy atom. The lowest BCUT2D eigenvalue weighted by atomic mass is 10.2. The van der Waals surface area contributed by atoms with Crippen LogP contribution >= 0.6 is 0 Å². The van der Waals surface area contributed by atoms with Crippen molar-refractivity contribution in [3.8, 4) is 5.75 Å². The molecule has 126 valence electrons. The van der Waals surface area contributed by atoms with E-state index < -0.39 is 6.09 Å². The number of nitrogens with zero attached hydrogens (tertiary/aromatic N) is 1. The fraction of sp³-hybridized carbons (Fsp3) is 0.263. The number of rotatable bonds is 6. The van der Waals surface area contributed by atoms with Gasteiger partial charge in [-0.25, -0.2) is 4.79 Å². The van der Waals surface area contributed by atoms with Crippen LogP contribution in [0.25, 0.3) is 0 Å². The molecule has 0 aromatic heterocycles. The molecule has 24 heavy (non-hydrogen) atoms. The van der Waals surface area contributed by atoms with E-state index in [0.717, 1.165) is 16.9 Å². The Hall–Kier alpha value is -2.82. The standard InChI is InChI=1S/C19H22N2O3/c1-3-18(20)21-19(22)24-13-16-8-10-17(11-9-16)23-12-15-6-4-14(2)5-7-15/h4-11H,3,12-13H2,1-2H3,(H2,20,21,22). The maximum absolute atomic E-state index is 11.4. The summed E-state index contributed by atoms with van der Waals surface area (Å²) in [6, 6.07) is 15.6. The second kappa shape index (κ2) is 8.72. The molecular formula is C19H22N2O3. The number of amidine groups is 1. The van der Waals surface area contributed by atoms with Crippen LogP contribution in [-0.2, 0) is 18.0 Å². The summed E-state index contributed by atoms with van der Waals surface area (Å²) in [6.07, 6.45) is -0.156. The monoisotopic (exact) mass is 326 g/mol. The largest absolute Gasteiger partial charge is 0.489 e. The molecule has 2 rings (SSSR count). The number of hydrogen-bond acceptors (Lipinski definition) is 3. The van der Waals surface area contributed by atoms with Crippen molar-refractivity contribution in [3.63, 3.8) is 0 Å². The van der Waals surface area contributed by atoms with Gasteiger partial charge in [-0.15, -0.1) is 0 Å². The van der Waals surface area contributed by atoms with Crippen molar-refractivity contribution in [2.75, 3.05) is 0 Å². The second-order valence-electron chi connectivity index (χ2n) is 5.43. The highest BCUT2D eigenvalue weighted by atomic mass is 16.5. The molecule has 2 N–H and O–H groups in total. The summed E-state index contributed by atoms with van der Waals surface area (Å²) < 4.78 is 10.8. The zero-order valence-electron chi connectivity index (χ0n) is 14.0. The van der Waals surface area contributed by atoms with Crippen LogP contribution in [0.5, 0.6) is 5.75 Å². The first-order chi connectivity index (χ1) is 11.6. The zero-order valence-corrected chi connectivity index (χ0v) is 14.0. The first-order valence-corrected chi connectivity index (χ1v) is 7.84. The summed E-state index contributed by atoms with van der Waals surface area (Å²) in [4.78, 5) is 15.0. The van der Waals surface area contributed by atoms with Gasteiger partial charge in [0.2, 0.25) is 0 Å². The lowest BCUT2D eigenvalue weighted by molar-refractivity contribution is 0.150. The molecule has 0 saturated heterocycles. The number of aliphatic imine (C=N–C) groups is 1. The third kappa shape index (κ3) is 5.76. The van der Waals surface area contributed by atoms with Gasteiger partial charge >= 0.3 is 6.09 Å². The molecule has 0 bridgehead atoms. The molecule has 2 aromatic carbocycles. The van der Waals surface area contributed by atoms with E-state index in [1.807, 2.05) is 43.3 Å². The Morgan fingerprint density at radius 2 is 1.58 bits per heavy atom. The molecule has 0 atom stereocenters. The summed E-state index contributed by atoms with van der Waals surface area (Å²) in [5, 5.41) is 0. The number of carbonyl (C=O) groups excluding carboxylic acids is 1. The molecule has 0 fully saturated rings. The van der Waals surface area contributed by atoms with Gasteiger partial charge in [-0.05, 0) is 30.2 Å². The number of benzene rings is 2. The van der Waals surface area contributed by atoms with Gasteiger partial charge in [0, 0.05) is 6.42 Å². The van der Waals surface area contributed by atoms with E-state index in [2.05, 4.69) is 24.0 Å². The Balaban J connectivity index is 1.82. The van der Waals surface area contributed by atoms with E-state index in [0.29, 0.717) is 13.0 Å². The van der Waals surface area contributed by atoms with Crippen LogP contribution in [0.4, 0.5) is 4.79 Å². The third-order valence-electron chi connectivity index (χ3n) is 3.41. The highest BCUT2D eigenvalue weighted by Gasteiger charge is 2.03. The highest BCUT2D eigenvalue weighted by molar-refractivity contribution is 5.90. The summed E-state index contributed by atoms with van der Waals surface area (Å²) in [5.74, 6) is 1.03. The van der Waals surface area contributed by atoms with Crippen LogP contribution in [0, 0.1) is 6.92 Å². The lowest BCUT2D eigenvalue weighted by Gasteiger charge is -2.08. The van der Waals surface area contributed by atoms with Gasteiger partial charge in [0.05, 0.1) is 0 Å². The molecule has 0 aliphatic rings. The van der Waals surface area contributed by atoms with Crippen LogP contribution in [0.3, 0.4) is 0 Å². The molecule has 0 aliphatic carbocycles. The number of amides is 1. The summed E-state index contributed by atoms with van der Waals surface area (Å²) >= 11 is 0. The highest BCUT2D eigenvalue weighted by Crippen LogP contribution is 2.15. The zero-order chi connectivity index (χ0) is 17.4. The number of ether oxygens (including phenoxy) is 2. The number of aryl methyl sites for hydroxylation is 1. The van der Waals surface area contributed by atoms with Crippen molar-refractivity contribution in [1.29, 1.82) is 0 Å². The average molecular weight is 326 g/mol. The van der Waals surface area contributed by atoms with E-state index in [-0.39, 0.29) is 12.4 Å². The van der Waals surface area contributed by atoms with Crippen molar-refractivity contribution < 1.29 is 14.3 Å². The van der Waals surface area contributed by atoms with Gasteiger partial charge in [0.25, 0.3) is 0 Å². The predicted molar refractivity (Wildman–Crippen MR) is 94.1 cm³/mol. The van der Waals surface area contributed by atoms with Gasteiger partial charge in [0.15, 0.2) is 0 Å². The Bertz CT molecular complexity index is 692. The van der Waals surface area contributed by atoms with Gasteiger partial charge in [-0.2, -0.15) is 4.99 Å². The smallest absolute Gasteiger partial charge is 0.435 e. The summed E-state index contributed by atoms with van der Waals surface area (Å²) in [6.45, 7) is 4.54. The van der Waals surface area contributed by atoms with E-state index in [9.17, 15) is 4.79 Å². The van der Waals surface area contributed by atoms with Gasteiger partial charge in [-0.1, -0.05) is 48.9 Å². The minimum absolute atomic E-state index is 0.150. The summed E-state index contributed by atoms with van der Waals surface area (Å²) in [7, 11) is 0. The van der Waals surface area contributed by atoms with Gasteiger partial charge in [-0.3, -0.25) is 0 Å². The molecule has 0 spiro atoms. The molecular weight excluding hydrogens is 304 g/mol. The summed E-state index contributed by atoms with van der Waals surface area (Å²) in [5.41, 5.74) is 8.68. The quantitative estimate of drug-likeness (QED) is 0.643. The Morgan fingerprint density at radius 3 is 2.21 bits per heavy atom. The molecule has 5 heteroatoms. The topological polar surface area (TPSA) is 73.9 Å². The Kier molecular flexibility index (Phi) is 6.37. The van der Waals surface area contributed by atoms with Crippen molar-refractivity contribution in [2.24, 2.45) is 10.7 Å². The van der Waals surface area contributed by atoms with Gasteiger partial charge in [0.1, 0.15) is 24.8 Å². The molecule has 0 unspecified atom stereocenters. The number of hydrogen-bond donors (Lipinski definition) is 1. The predicted octanol–water partition coefficient (Wildman–Crippen LogP) is 3.98. The fourth-order valence-electron chi connectivity index (χ4n) is 1.91. The normalized spacial score (nSPS) is 11.2. The van der Waals surface area contributed by atoms with E-state index in [4.69, 9.17) is 15.2 Å². The van der Waals surface area contributed by atoms with Crippen LogP contribution in [0.15, 0.2) is 53.5 Å². The van der Waals surface area contributed by atoms with Crippen LogP contribution in [-0.4, -0.2) is 11.9 Å². The average Bonchev–Trinajstić information content (AvgIpc) is 2.60. The fourth-order valence-corrected chi connectivity index (χ4v) is 1.91. The van der Waals surface area contributed by atoms with Crippen molar-refractivity contribution in [2.45, 2.75) is 33.5 Å².